The molecule has 4 aromatic rings. The van der Waals surface area contributed by atoms with Crippen molar-refractivity contribution in [3.05, 3.63) is 78.5 Å². The molecule has 0 unspecified atom stereocenters. The number of alkyl carbamates (subject to hydrolysis) is 1. The second-order valence-electron chi connectivity index (χ2n) is 8.57. The van der Waals surface area contributed by atoms with Gasteiger partial charge in [0.25, 0.3) is 0 Å². The molecule has 0 aliphatic carbocycles. The monoisotopic (exact) mass is 426 g/mol. The largest absolute Gasteiger partial charge is 0.444 e. The van der Waals surface area contributed by atoms with Crippen LogP contribution in [0.5, 0.6) is 0 Å². The van der Waals surface area contributed by atoms with Crippen molar-refractivity contribution >= 4 is 22.8 Å². The zero-order chi connectivity index (χ0) is 22.7. The Morgan fingerprint density at radius 2 is 1.72 bits per heavy atom. The van der Waals surface area contributed by atoms with Crippen LogP contribution in [-0.2, 0) is 11.3 Å². The van der Waals surface area contributed by atoms with Gasteiger partial charge in [-0.1, -0.05) is 54.6 Å². The van der Waals surface area contributed by atoms with E-state index in [-0.39, 0.29) is 0 Å². The van der Waals surface area contributed by atoms with Crippen LogP contribution in [0.25, 0.3) is 33.3 Å². The lowest BCUT2D eigenvalue weighted by Gasteiger charge is -2.19. The summed E-state index contributed by atoms with van der Waals surface area (Å²) in [5, 5.41) is 3.61. The van der Waals surface area contributed by atoms with E-state index in [0.29, 0.717) is 12.4 Å². The van der Waals surface area contributed by atoms with Gasteiger partial charge in [-0.25, -0.2) is 14.8 Å². The van der Waals surface area contributed by atoms with Gasteiger partial charge >= 0.3 is 6.09 Å². The number of hydrogen-bond donors (Lipinski definition) is 2. The molecule has 2 aromatic carbocycles. The molecule has 3 N–H and O–H groups in total. The van der Waals surface area contributed by atoms with Crippen molar-refractivity contribution in [2.45, 2.75) is 32.9 Å². The lowest BCUT2D eigenvalue weighted by Crippen LogP contribution is -2.32. The lowest BCUT2D eigenvalue weighted by molar-refractivity contribution is 0.0523. The number of amides is 1. The van der Waals surface area contributed by atoms with Crippen LogP contribution in [0, 0.1) is 0 Å². The first-order valence-electron chi connectivity index (χ1n) is 10.5. The van der Waals surface area contributed by atoms with Gasteiger partial charge in [0.2, 0.25) is 0 Å². The highest BCUT2D eigenvalue weighted by molar-refractivity contribution is 5.96. The number of nitrogens with one attached hydrogen (secondary N) is 1. The number of aromatic nitrogens is 2. The minimum absolute atomic E-state index is 0.383. The van der Waals surface area contributed by atoms with Crippen molar-refractivity contribution < 1.29 is 9.53 Å². The first-order chi connectivity index (χ1) is 15.3. The van der Waals surface area contributed by atoms with Crippen molar-refractivity contribution in [1.82, 2.24) is 15.3 Å². The Kier molecular flexibility index (Phi) is 5.77. The molecular formula is C26H26N4O2. The van der Waals surface area contributed by atoms with Gasteiger partial charge in [0.15, 0.2) is 0 Å². The van der Waals surface area contributed by atoms with Gasteiger partial charge in [0, 0.05) is 29.3 Å². The van der Waals surface area contributed by atoms with E-state index in [0.717, 1.165) is 38.9 Å². The normalized spacial score (nSPS) is 11.3. The van der Waals surface area contributed by atoms with Crippen LogP contribution in [0.1, 0.15) is 26.3 Å². The van der Waals surface area contributed by atoms with E-state index in [2.05, 4.69) is 22.4 Å². The third-order valence-electron chi connectivity index (χ3n) is 4.92. The lowest BCUT2D eigenvalue weighted by atomic mass is 9.97. The second kappa shape index (κ2) is 8.67. The third-order valence-corrected chi connectivity index (χ3v) is 4.92. The first-order valence-corrected chi connectivity index (χ1v) is 10.5. The molecular weight excluding hydrogens is 400 g/mol. The molecule has 0 fully saturated rings. The zero-order valence-electron chi connectivity index (χ0n) is 18.4. The molecule has 32 heavy (non-hydrogen) atoms. The van der Waals surface area contributed by atoms with Crippen LogP contribution >= 0.6 is 0 Å². The van der Waals surface area contributed by atoms with Crippen LogP contribution in [0.15, 0.2) is 72.9 Å². The summed E-state index contributed by atoms with van der Waals surface area (Å²) in [5.74, 6) is 0.460. The Morgan fingerprint density at radius 3 is 2.41 bits per heavy atom. The fourth-order valence-corrected chi connectivity index (χ4v) is 3.44. The van der Waals surface area contributed by atoms with Gasteiger partial charge in [-0.05, 0) is 44.0 Å². The van der Waals surface area contributed by atoms with Crippen molar-refractivity contribution in [3.63, 3.8) is 0 Å². The highest BCUT2D eigenvalue weighted by Crippen LogP contribution is 2.34. The summed E-state index contributed by atoms with van der Waals surface area (Å²) in [7, 11) is 0. The highest BCUT2D eigenvalue weighted by atomic mass is 16.6. The first kappa shape index (κ1) is 21.3. The molecule has 6 heteroatoms. The van der Waals surface area contributed by atoms with Crippen molar-refractivity contribution in [1.29, 1.82) is 0 Å². The van der Waals surface area contributed by atoms with Gasteiger partial charge < -0.3 is 15.8 Å². The molecule has 4 rings (SSSR count). The number of ether oxygens (including phenoxy) is 1. The molecule has 0 aliphatic heterocycles. The van der Waals surface area contributed by atoms with E-state index >= 15 is 0 Å². The molecule has 2 aromatic heterocycles. The Bertz CT molecular complexity index is 1250. The fourth-order valence-electron chi connectivity index (χ4n) is 3.44. The van der Waals surface area contributed by atoms with E-state index in [1.54, 1.807) is 6.20 Å². The van der Waals surface area contributed by atoms with Crippen LogP contribution in [0.4, 0.5) is 10.6 Å². The van der Waals surface area contributed by atoms with E-state index in [1.165, 1.54) is 0 Å². The van der Waals surface area contributed by atoms with E-state index < -0.39 is 11.7 Å². The summed E-state index contributed by atoms with van der Waals surface area (Å²) in [6.45, 7) is 5.90. The number of benzene rings is 2. The van der Waals surface area contributed by atoms with Gasteiger partial charge in [-0.2, -0.15) is 0 Å². The average Bonchev–Trinajstić information content (AvgIpc) is 2.77. The molecule has 0 saturated carbocycles. The quantitative estimate of drug-likeness (QED) is 0.445. The van der Waals surface area contributed by atoms with Gasteiger partial charge in [-0.15, -0.1) is 0 Å². The summed E-state index contributed by atoms with van der Waals surface area (Å²) in [5.41, 5.74) is 11.2. The number of fused-ring (bicyclic) bond motifs is 1. The van der Waals surface area contributed by atoms with Crippen molar-refractivity contribution in [2.75, 3.05) is 5.73 Å². The number of nitrogens with two attached hydrogens (primary N) is 1. The van der Waals surface area contributed by atoms with Crippen LogP contribution < -0.4 is 11.1 Å². The zero-order valence-corrected chi connectivity index (χ0v) is 18.4. The summed E-state index contributed by atoms with van der Waals surface area (Å²) >= 11 is 0. The maximum Gasteiger partial charge on any atom is 0.407 e. The maximum absolute atomic E-state index is 11.9. The van der Waals surface area contributed by atoms with Gasteiger partial charge in [-0.3, -0.25) is 0 Å². The minimum atomic E-state index is -0.525. The number of nitrogen functional groups attached to an aromatic ring is 1. The Hall–Kier alpha value is -3.93. The fraction of sp³-hybridized carbons (Fsp3) is 0.192. The van der Waals surface area contributed by atoms with Crippen LogP contribution in [-0.4, -0.2) is 21.7 Å². The smallest absolute Gasteiger partial charge is 0.407 e. The summed E-state index contributed by atoms with van der Waals surface area (Å²) in [6, 6.07) is 22.0. The van der Waals surface area contributed by atoms with Crippen molar-refractivity contribution in [2.24, 2.45) is 0 Å². The standard InChI is InChI=1S/C26H26N4O2/c1-26(2,3)32-25(31)29-16-17-9-11-19(12-10-17)23-20(18-7-5-4-6-8-18)15-21-22(30-23)13-14-28-24(21)27/h4-15H,16H2,1-3H3,(H2,27,28)(H,29,31). The minimum Gasteiger partial charge on any atom is -0.444 e. The van der Waals surface area contributed by atoms with Gasteiger partial charge in [0.1, 0.15) is 11.4 Å². The average molecular weight is 427 g/mol. The second-order valence-corrected chi connectivity index (χ2v) is 8.57. The number of hydrogen-bond acceptors (Lipinski definition) is 5. The Balaban J connectivity index is 1.66. The molecule has 0 aliphatic rings. The number of rotatable bonds is 4. The Labute approximate surface area is 187 Å². The number of carbonyl (C=O) groups excluding carboxylic acids is 1. The predicted octanol–water partition coefficient (Wildman–Crippen LogP) is 5.57. The molecule has 162 valence electrons. The predicted molar refractivity (Wildman–Crippen MR) is 128 cm³/mol. The molecule has 0 bridgehead atoms. The summed E-state index contributed by atoms with van der Waals surface area (Å²) in [4.78, 5) is 21.0. The molecule has 6 nitrogen and oxygen atoms in total. The SMILES string of the molecule is CC(C)(C)OC(=O)NCc1ccc(-c2nc3ccnc(N)c3cc2-c2ccccc2)cc1. The third kappa shape index (κ3) is 4.86. The molecule has 0 radical (unpaired) electrons. The molecule has 1 amide bonds. The van der Waals surface area contributed by atoms with Crippen LogP contribution in [0.2, 0.25) is 0 Å². The Morgan fingerprint density at radius 1 is 1.00 bits per heavy atom. The topological polar surface area (TPSA) is 90.1 Å². The molecule has 0 atom stereocenters. The number of carbonyl (C=O) groups is 1. The van der Waals surface area contributed by atoms with E-state index in [9.17, 15) is 4.79 Å². The molecule has 0 spiro atoms. The maximum atomic E-state index is 11.9. The van der Waals surface area contributed by atoms with E-state index in [1.807, 2.05) is 75.4 Å². The van der Waals surface area contributed by atoms with Crippen molar-refractivity contribution in [3.8, 4) is 22.4 Å². The molecule has 0 saturated heterocycles. The number of anilines is 1. The van der Waals surface area contributed by atoms with Gasteiger partial charge in [0.05, 0.1) is 11.2 Å². The number of pyridine rings is 2. The number of nitrogens with zero attached hydrogens (tertiary/aromatic N) is 2. The summed E-state index contributed by atoms with van der Waals surface area (Å²) < 4.78 is 5.29. The highest BCUT2D eigenvalue weighted by Gasteiger charge is 2.16. The van der Waals surface area contributed by atoms with E-state index in [4.69, 9.17) is 15.5 Å². The molecule has 2 heterocycles. The van der Waals surface area contributed by atoms with Crippen LogP contribution in [0.3, 0.4) is 0 Å². The summed E-state index contributed by atoms with van der Waals surface area (Å²) in [6.07, 6.45) is 1.23.